The van der Waals surface area contributed by atoms with E-state index in [0.717, 1.165) is 17.4 Å². The Morgan fingerprint density at radius 3 is 2.44 bits per heavy atom. The van der Waals surface area contributed by atoms with Gasteiger partial charge < -0.3 is 15.4 Å². The first-order valence-electron chi connectivity index (χ1n) is 7.50. The van der Waals surface area contributed by atoms with Crippen LogP contribution in [0.2, 0.25) is 0 Å². The number of halogens is 3. The number of thiazole rings is 1. The Bertz CT molecular complexity index is 901. The first kappa shape index (κ1) is 20.4. The van der Waals surface area contributed by atoms with Gasteiger partial charge in [-0.05, 0) is 26.0 Å². The lowest BCUT2D eigenvalue weighted by Gasteiger charge is -2.08. The van der Waals surface area contributed by atoms with Crippen molar-refractivity contribution in [3.63, 3.8) is 0 Å². The van der Waals surface area contributed by atoms with Crippen LogP contribution in [-0.2, 0) is 14.3 Å². The first-order valence-corrected chi connectivity index (χ1v) is 8.32. The Morgan fingerprint density at radius 2 is 1.81 bits per heavy atom. The number of carbonyl (C=O) groups excluding carboxylic acids is 3. The first-order chi connectivity index (χ1) is 12.7. The summed E-state index contributed by atoms with van der Waals surface area (Å²) in [7, 11) is 0. The molecule has 0 saturated heterocycles. The molecule has 0 fully saturated rings. The number of amides is 2. The predicted octanol–water partition coefficient (Wildman–Crippen LogP) is 2.09. The number of nitrogens with one attached hydrogen (secondary N) is 2. The molecule has 0 spiro atoms. The zero-order chi connectivity index (χ0) is 20.1. The monoisotopic (exact) mass is 401 g/mol. The number of aromatic nitrogens is 1. The highest BCUT2D eigenvalue weighted by atomic mass is 32.1. The van der Waals surface area contributed by atoms with E-state index in [2.05, 4.69) is 10.3 Å². The van der Waals surface area contributed by atoms with Gasteiger partial charge in [0.15, 0.2) is 24.1 Å². The molecule has 0 aliphatic heterocycles. The summed E-state index contributed by atoms with van der Waals surface area (Å²) in [6, 6.07) is 1.49. The Morgan fingerprint density at radius 1 is 1.11 bits per heavy atom. The molecule has 2 amide bonds. The van der Waals surface area contributed by atoms with Gasteiger partial charge in [0.05, 0.1) is 22.9 Å². The van der Waals surface area contributed by atoms with Gasteiger partial charge >= 0.3 is 5.97 Å². The van der Waals surface area contributed by atoms with E-state index in [9.17, 15) is 27.6 Å². The van der Waals surface area contributed by atoms with Crippen molar-refractivity contribution in [2.45, 2.75) is 13.8 Å². The van der Waals surface area contributed by atoms with Crippen LogP contribution in [0.5, 0.6) is 0 Å². The number of ether oxygens (including phenoxy) is 1. The SMILES string of the molecule is Cc1nc(C)c(C(=O)OCC(=O)NCC(=O)Nc2ccc(F)c(F)c2F)s1. The molecule has 2 aromatic rings. The molecule has 0 bridgehead atoms. The maximum atomic E-state index is 13.4. The third-order valence-corrected chi connectivity index (χ3v) is 4.23. The maximum absolute atomic E-state index is 13.4. The molecular weight excluding hydrogens is 387 g/mol. The van der Waals surface area contributed by atoms with Crippen LogP contribution < -0.4 is 10.6 Å². The standard InChI is InChI=1S/C16H14F3N3O4S/c1-7-15(27-8(2)21-7)16(25)26-6-12(24)20-5-11(23)22-10-4-3-9(17)13(18)14(10)19/h3-4H,5-6H2,1-2H3,(H,20,24)(H,22,23). The van der Waals surface area contributed by atoms with E-state index in [0.29, 0.717) is 16.8 Å². The molecule has 1 heterocycles. The molecule has 7 nitrogen and oxygen atoms in total. The molecule has 1 aromatic heterocycles. The number of anilines is 1. The van der Waals surface area contributed by atoms with Crippen LogP contribution in [0.3, 0.4) is 0 Å². The highest BCUT2D eigenvalue weighted by molar-refractivity contribution is 7.13. The minimum atomic E-state index is -1.72. The molecule has 2 N–H and O–H groups in total. The van der Waals surface area contributed by atoms with Crippen molar-refractivity contribution in [2.24, 2.45) is 0 Å². The number of esters is 1. The number of nitrogens with zero attached hydrogens (tertiary/aromatic N) is 1. The fourth-order valence-corrected chi connectivity index (χ4v) is 2.78. The van der Waals surface area contributed by atoms with Crippen LogP contribution in [0, 0.1) is 31.3 Å². The topological polar surface area (TPSA) is 97.4 Å². The van der Waals surface area contributed by atoms with Gasteiger partial charge in [0, 0.05) is 0 Å². The van der Waals surface area contributed by atoms with Crippen LogP contribution >= 0.6 is 11.3 Å². The van der Waals surface area contributed by atoms with Crippen molar-refractivity contribution in [1.29, 1.82) is 0 Å². The predicted molar refractivity (Wildman–Crippen MR) is 89.8 cm³/mol. The van der Waals surface area contributed by atoms with Crippen molar-refractivity contribution in [2.75, 3.05) is 18.5 Å². The van der Waals surface area contributed by atoms with Gasteiger partial charge in [0.1, 0.15) is 4.88 Å². The second kappa shape index (κ2) is 8.62. The van der Waals surface area contributed by atoms with Gasteiger partial charge in [-0.3, -0.25) is 9.59 Å². The molecule has 144 valence electrons. The minimum absolute atomic E-state index is 0.270. The van der Waals surface area contributed by atoms with E-state index in [1.54, 1.807) is 13.8 Å². The Hall–Kier alpha value is -2.95. The maximum Gasteiger partial charge on any atom is 0.350 e. The van der Waals surface area contributed by atoms with Crippen molar-refractivity contribution < 1.29 is 32.3 Å². The summed E-state index contributed by atoms with van der Waals surface area (Å²) in [6.45, 7) is 2.12. The Balaban J connectivity index is 1.80. The third kappa shape index (κ3) is 5.26. The summed E-state index contributed by atoms with van der Waals surface area (Å²) in [4.78, 5) is 39.4. The minimum Gasteiger partial charge on any atom is -0.451 e. The molecule has 1 aromatic carbocycles. The number of benzene rings is 1. The van der Waals surface area contributed by atoms with Crippen LogP contribution in [0.15, 0.2) is 12.1 Å². The lowest BCUT2D eigenvalue weighted by molar-refractivity contribution is -0.126. The van der Waals surface area contributed by atoms with Gasteiger partial charge in [-0.2, -0.15) is 0 Å². The zero-order valence-electron chi connectivity index (χ0n) is 14.2. The summed E-state index contributed by atoms with van der Waals surface area (Å²) in [5.41, 5.74) is -0.0912. The van der Waals surface area contributed by atoms with Gasteiger partial charge in [-0.15, -0.1) is 11.3 Å². The molecule has 0 aliphatic carbocycles. The quantitative estimate of drug-likeness (QED) is 0.571. The van der Waals surface area contributed by atoms with Gasteiger partial charge in [0.2, 0.25) is 5.91 Å². The van der Waals surface area contributed by atoms with E-state index in [4.69, 9.17) is 4.74 Å². The van der Waals surface area contributed by atoms with E-state index in [-0.39, 0.29) is 4.88 Å². The Labute approximate surface area is 155 Å². The van der Waals surface area contributed by atoms with Crippen LogP contribution in [0.4, 0.5) is 18.9 Å². The molecule has 2 rings (SSSR count). The van der Waals surface area contributed by atoms with Gasteiger partial charge in [-0.1, -0.05) is 0 Å². The van der Waals surface area contributed by atoms with Crippen molar-refractivity contribution >= 4 is 34.8 Å². The summed E-state index contributed by atoms with van der Waals surface area (Å²) in [6.07, 6.45) is 0. The number of rotatable bonds is 6. The highest BCUT2D eigenvalue weighted by Gasteiger charge is 2.18. The second-order valence-electron chi connectivity index (χ2n) is 5.27. The molecule has 0 atom stereocenters. The molecule has 27 heavy (non-hydrogen) atoms. The summed E-state index contributed by atoms with van der Waals surface area (Å²) in [5.74, 6) is -7.05. The van der Waals surface area contributed by atoms with Crippen molar-refractivity contribution in [3.05, 3.63) is 45.2 Å². The fourth-order valence-electron chi connectivity index (χ4n) is 1.96. The van der Waals surface area contributed by atoms with Crippen molar-refractivity contribution in [3.8, 4) is 0 Å². The van der Waals surface area contributed by atoms with Crippen LogP contribution in [0.25, 0.3) is 0 Å². The van der Waals surface area contributed by atoms with E-state index >= 15 is 0 Å². The number of carbonyl (C=O) groups is 3. The largest absolute Gasteiger partial charge is 0.451 e. The summed E-state index contributed by atoms with van der Waals surface area (Å²) in [5, 5.41) is 4.80. The van der Waals surface area contributed by atoms with E-state index in [1.165, 1.54) is 0 Å². The van der Waals surface area contributed by atoms with E-state index < -0.39 is 54.1 Å². The van der Waals surface area contributed by atoms with Gasteiger partial charge in [-0.25, -0.2) is 22.9 Å². The molecular formula is C16H14F3N3O4S. The third-order valence-electron chi connectivity index (χ3n) is 3.18. The smallest absolute Gasteiger partial charge is 0.350 e. The molecule has 0 radical (unpaired) electrons. The zero-order valence-corrected chi connectivity index (χ0v) is 15.0. The van der Waals surface area contributed by atoms with Crippen LogP contribution in [0.1, 0.15) is 20.4 Å². The average Bonchev–Trinajstić information content (AvgIpc) is 2.96. The molecule has 0 aliphatic rings. The second-order valence-corrected chi connectivity index (χ2v) is 6.47. The van der Waals surface area contributed by atoms with Crippen molar-refractivity contribution in [1.82, 2.24) is 10.3 Å². The lowest BCUT2D eigenvalue weighted by atomic mass is 10.2. The molecule has 0 unspecified atom stereocenters. The van der Waals surface area contributed by atoms with Gasteiger partial charge in [0.25, 0.3) is 5.91 Å². The lowest BCUT2D eigenvalue weighted by Crippen LogP contribution is -2.35. The summed E-state index contributed by atoms with van der Waals surface area (Å²) < 4.78 is 44.2. The number of hydrogen-bond donors (Lipinski definition) is 2. The number of aryl methyl sites for hydroxylation is 2. The highest BCUT2D eigenvalue weighted by Crippen LogP contribution is 2.19. The normalized spacial score (nSPS) is 10.4. The molecule has 11 heteroatoms. The van der Waals surface area contributed by atoms with Crippen LogP contribution in [-0.4, -0.2) is 35.9 Å². The fraction of sp³-hybridized carbons (Fsp3) is 0.250. The molecule has 0 saturated carbocycles. The van der Waals surface area contributed by atoms with E-state index in [1.807, 2.05) is 5.32 Å². The number of hydrogen-bond acceptors (Lipinski definition) is 6. The summed E-state index contributed by atoms with van der Waals surface area (Å²) >= 11 is 1.12. The average molecular weight is 401 g/mol. The Kier molecular flexibility index (Phi) is 6.50.